The summed E-state index contributed by atoms with van der Waals surface area (Å²) in [5.74, 6) is -1.55. The molecule has 0 aliphatic heterocycles. The molecule has 43 heavy (non-hydrogen) atoms. The Morgan fingerprint density at radius 2 is 1.49 bits per heavy atom. The highest BCUT2D eigenvalue weighted by molar-refractivity contribution is 5.82. The van der Waals surface area contributed by atoms with E-state index >= 15 is 0 Å². The number of aromatic nitrogens is 5. The third-order valence-electron chi connectivity index (χ3n) is 6.28. The van der Waals surface area contributed by atoms with Gasteiger partial charge in [-0.05, 0) is 17.7 Å². The second-order valence-electron chi connectivity index (χ2n) is 9.13. The van der Waals surface area contributed by atoms with Crippen LogP contribution in [0.4, 0.5) is 13.2 Å². The van der Waals surface area contributed by atoms with E-state index in [1.54, 1.807) is 30.3 Å². The number of rotatable bonds is 8. The highest BCUT2D eigenvalue weighted by atomic mass is 19.4. The second kappa shape index (κ2) is 11.3. The summed E-state index contributed by atoms with van der Waals surface area (Å²) >= 11 is 0. The normalized spacial score (nSPS) is 12.3. The minimum Gasteiger partial charge on any atom is -0.419 e. The van der Waals surface area contributed by atoms with Crippen LogP contribution in [-0.4, -0.2) is 36.5 Å². The fourth-order valence-electron chi connectivity index (χ4n) is 4.17. The molecule has 3 heterocycles. The number of carbonyl (C=O) groups excluding carboxylic acids is 1. The summed E-state index contributed by atoms with van der Waals surface area (Å²) in [7, 11) is 0. The predicted octanol–water partition coefficient (Wildman–Crippen LogP) is 5.48. The van der Waals surface area contributed by atoms with Crippen molar-refractivity contribution in [1.82, 2.24) is 30.8 Å². The van der Waals surface area contributed by atoms with Gasteiger partial charge in [0.15, 0.2) is 6.10 Å². The van der Waals surface area contributed by atoms with Gasteiger partial charge in [-0.1, -0.05) is 83.1 Å². The molecule has 6 aromatic rings. The maximum absolute atomic E-state index is 14.0. The van der Waals surface area contributed by atoms with Crippen LogP contribution < -0.4 is 5.32 Å². The monoisotopic (exact) mass is 588 g/mol. The Kier molecular flexibility index (Phi) is 7.26. The number of hydrogen-bond acceptors (Lipinski definition) is 10. The SMILES string of the molecule is O=C(NCc1nnc(-c2ccccc2)o1)C(O)c1ccc(-c2noc(-c3onc(-c4ccccc4)c3C(F)(F)F)n2)cc1. The van der Waals surface area contributed by atoms with Crippen LogP contribution in [-0.2, 0) is 17.5 Å². The Morgan fingerprint density at radius 1 is 0.814 bits per heavy atom. The first-order chi connectivity index (χ1) is 20.8. The first-order valence-corrected chi connectivity index (χ1v) is 12.7. The van der Waals surface area contributed by atoms with Gasteiger partial charge in [-0.15, -0.1) is 10.2 Å². The topological polar surface area (TPSA) is 153 Å². The number of amides is 1. The summed E-state index contributed by atoms with van der Waals surface area (Å²) in [6.07, 6.45) is -6.35. The maximum Gasteiger partial charge on any atom is 0.422 e. The zero-order valence-corrected chi connectivity index (χ0v) is 21.8. The Hall–Kier alpha value is -5.63. The second-order valence-corrected chi connectivity index (χ2v) is 9.13. The standard InChI is InChI=1S/C29H19F3N6O5/c30-29(31,32)21-22(16-7-3-1-4-8-16)37-42-24(21)28-34-25(38-43-28)18-13-11-17(12-14-18)23(39)26(40)33-15-20-35-36-27(41-20)19-9-5-2-6-10-19/h1-14,23,39H,15H2,(H,33,40). The smallest absolute Gasteiger partial charge is 0.419 e. The molecule has 1 atom stereocenters. The molecule has 0 aliphatic carbocycles. The van der Waals surface area contributed by atoms with Crippen LogP contribution in [0.3, 0.4) is 0 Å². The molecule has 0 radical (unpaired) electrons. The highest BCUT2D eigenvalue weighted by Crippen LogP contribution is 2.43. The van der Waals surface area contributed by atoms with Crippen molar-refractivity contribution in [3.05, 3.63) is 102 Å². The average Bonchev–Trinajstić information content (AvgIpc) is 3.80. The minimum atomic E-state index is -4.82. The van der Waals surface area contributed by atoms with Gasteiger partial charge in [-0.2, -0.15) is 18.2 Å². The zero-order chi connectivity index (χ0) is 30.0. The van der Waals surface area contributed by atoms with Crippen LogP contribution in [0, 0.1) is 0 Å². The van der Waals surface area contributed by atoms with E-state index in [2.05, 4.69) is 30.8 Å². The van der Waals surface area contributed by atoms with Crippen LogP contribution in [0.5, 0.6) is 0 Å². The summed E-state index contributed by atoms with van der Waals surface area (Å²) in [6, 6.07) is 22.7. The molecule has 3 aromatic heterocycles. The number of benzene rings is 3. The lowest BCUT2D eigenvalue weighted by molar-refractivity contribution is -0.137. The van der Waals surface area contributed by atoms with Gasteiger partial charge in [0.2, 0.25) is 23.4 Å². The fraction of sp³-hybridized carbons (Fsp3) is 0.103. The molecule has 0 saturated carbocycles. The van der Waals surface area contributed by atoms with Gasteiger partial charge in [-0.25, -0.2) is 0 Å². The van der Waals surface area contributed by atoms with Gasteiger partial charge >= 0.3 is 6.18 Å². The first-order valence-electron chi connectivity index (χ1n) is 12.7. The average molecular weight is 589 g/mol. The predicted molar refractivity (Wildman–Crippen MR) is 142 cm³/mol. The van der Waals surface area contributed by atoms with Crippen molar-refractivity contribution in [1.29, 1.82) is 0 Å². The lowest BCUT2D eigenvalue weighted by Gasteiger charge is -2.11. The first kappa shape index (κ1) is 27.5. The van der Waals surface area contributed by atoms with Gasteiger partial charge in [0.25, 0.3) is 11.8 Å². The van der Waals surface area contributed by atoms with Gasteiger partial charge in [0.1, 0.15) is 11.3 Å². The molecule has 1 amide bonds. The lowest BCUT2D eigenvalue weighted by Crippen LogP contribution is -2.28. The van der Waals surface area contributed by atoms with Crippen molar-refractivity contribution in [3.8, 4) is 45.8 Å². The molecule has 14 heteroatoms. The van der Waals surface area contributed by atoms with E-state index in [4.69, 9.17) is 13.5 Å². The van der Waals surface area contributed by atoms with Crippen LogP contribution in [0.25, 0.3) is 45.8 Å². The highest BCUT2D eigenvalue weighted by Gasteiger charge is 2.43. The van der Waals surface area contributed by atoms with Crippen molar-refractivity contribution in [2.24, 2.45) is 0 Å². The molecule has 216 valence electrons. The number of nitrogens with one attached hydrogen (secondary N) is 1. The molecule has 6 rings (SSSR count). The molecule has 3 aromatic carbocycles. The zero-order valence-electron chi connectivity index (χ0n) is 21.8. The molecule has 2 N–H and O–H groups in total. The molecule has 1 unspecified atom stereocenters. The maximum atomic E-state index is 14.0. The third kappa shape index (κ3) is 5.76. The van der Waals surface area contributed by atoms with E-state index in [-0.39, 0.29) is 29.4 Å². The number of halogens is 3. The quantitative estimate of drug-likeness (QED) is 0.234. The number of carbonyl (C=O) groups is 1. The number of nitrogens with zero attached hydrogens (tertiary/aromatic N) is 5. The van der Waals surface area contributed by atoms with Gasteiger partial charge in [0.05, 0.1) is 6.54 Å². The Labute approximate surface area is 240 Å². The van der Waals surface area contributed by atoms with Crippen molar-refractivity contribution >= 4 is 5.91 Å². The van der Waals surface area contributed by atoms with Crippen LogP contribution >= 0.6 is 0 Å². The van der Waals surface area contributed by atoms with E-state index < -0.39 is 41.1 Å². The molecule has 0 bridgehead atoms. The summed E-state index contributed by atoms with van der Waals surface area (Å²) in [5.41, 5.74) is -0.0354. The van der Waals surface area contributed by atoms with Crippen LogP contribution in [0.1, 0.15) is 23.1 Å². The molecular weight excluding hydrogens is 569 g/mol. The molecule has 0 fully saturated rings. The van der Waals surface area contributed by atoms with Crippen LogP contribution in [0.15, 0.2) is 98.4 Å². The summed E-state index contributed by atoms with van der Waals surface area (Å²) in [5, 5.41) is 28.2. The van der Waals surface area contributed by atoms with Crippen molar-refractivity contribution in [3.63, 3.8) is 0 Å². The van der Waals surface area contributed by atoms with E-state index in [1.807, 2.05) is 18.2 Å². The van der Waals surface area contributed by atoms with Crippen molar-refractivity contribution in [2.75, 3.05) is 0 Å². The molecule has 0 aliphatic rings. The summed E-state index contributed by atoms with van der Waals surface area (Å²) in [4.78, 5) is 16.6. The molecule has 0 saturated heterocycles. The number of alkyl halides is 3. The number of aliphatic hydroxyl groups is 1. The third-order valence-corrected chi connectivity index (χ3v) is 6.28. The van der Waals surface area contributed by atoms with E-state index in [9.17, 15) is 23.1 Å². The van der Waals surface area contributed by atoms with Crippen LogP contribution in [0.2, 0.25) is 0 Å². The van der Waals surface area contributed by atoms with Crippen molar-refractivity contribution in [2.45, 2.75) is 18.8 Å². The van der Waals surface area contributed by atoms with E-state index in [1.165, 1.54) is 36.4 Å². The Balaban J connectivity index is 1.14. The Bertz CT molecular complexity index is 1850. The minimum absolute atomic E-state index is 0.0445. The molecule has 0 spiro atoms. The number of aliphatic hydroxyl groups excluding tert-OH is 1. The summed E-state index contributed by atoms with van der Waals surface area (Å²) < 4.78 is 57.6. The van der Waals surface area contributed by atoms with Gasteiger partial charge in [0, 0.05) is 16.7 Å². The van der Waals surface area contributed by atoms with E-state index in [0.29, 0.717) is 11.5 Å². The van der Waals surface area contributed by atoms with Gasteiger partial charge < -0.3 is 23.9 Å². The Morgan fingerprint density at radius 3 is 2.16 bits per heavy atom. The lowest BCUT2D eigenvalue weighted by atomic mass is 10.1. The van der Waals surface area contributed by atoms with E-state index in [0.717, 1.165) is 5.56 Å². The van der Waals surface area contributed by atoms with Crippen molar-refractivity contribution < 1.29 is 36.5 Å². The largest absolute Gasteiger partial charge is 0.422 e. The fourth-order valence-corrected chi connectivity index (χ4v) is 4.17. The summed E-state index contributed by atoms with van der Waals surface area (Å²) in [6.45, 7) is -0.104. The van der Waals surface area contributed by atoms with Gasteiger partial charge in [-0.3, -0.25) is 4.79 Å². The number of hydrogen-bond donors (Lipinski definition) is 2. The molecule has 11 nitrogen and oxygen atoms in total. The molecular formula is C29H19F3N6O5.